The second-order valence-corrected chi connectivity index (χ2v) is 8.77. The highest BCUT2D eigenvalue weighted by molar-refractivity contribution is 7.92. The molecule has 1 amide bonds. The van der Waals surface area contributed by atoms with Crippen molar-refractivity contribution >= 4 is 21.6 Å². The molecule has 0 heterocycles. The predicted octanol–water partition coefficient (Wildman–Crippen LogP) is 3.73. The van der Waals surface area contributed by atoms with Gasteiger partial charge in [-0.3, -0.25) is 9.10 Å². The highest BCUT2D eigenvalue weighted by atomic mass is 32.2. The molecule has 5 nitrogen and oxygen atoms in total. The quantitative estimate of drug-likeness (QED) is 0.786. The zero-order chi connectivity index (χ0) is 20.2. The lowest BCUT2D eigenvalue weighted by atomic mass is 10.00. The molecule has 0 spiro atoms. The first-order chi connectivity index (χ1) is 12.6. The van der Waals surface area contributed by atoms with Crippen molar-refractivity contribution in [2.75, 3.05) is 10.6 Å². The molecule has 0 radical (unpaired) electrons. The fourth-order valence-electron chi connectivity index (χ4n) is 3.33. The monoisotopic (exact) mass is 388 g/mol. The Morgan fingerprint density at radius 2 is 1.74 bits per heavy atom. The second-order valence-electron chi connectivity index (χ2n) is 6.91. The van der Waals surface area contributed by atoms with E-state index in [1.165, 1.54) is 4.31 Å². The van der Waals surface area contributed by atoms with Gasteiger partial charge in [0.15, 0.2) is 0 Å². The van der Waals surface area contributed by atoms with Crippen molar-refractivity contribution in [2.45, 2.75) is 46.2 Å². The van der Waals surface area contributed by atoms with E-state index in [2.05, 4.69) is 11.4 Å². The molecule has 0 saturated heterocycles. The number of para-hydroxylation sites is 1. The number of nitrogens with zero attached hydrogens (tertiary/aromatic N) is 1. The summed E-state index contributed by atoms with van der Waals surface area (Å²) in [5.74, 6) is -0.306. The van der Waals surface area contributed by atoms with Crippen LogP contribution in [0.5, 0.6) is 0 Å². The number of carbonyl (C=O) groups excluding carboxylic acids is 1. The van der Waals surface area contributed by atoms with Gasteiger partial charge in [0.25, 0.3) is 0 Å². The fraction of sp³-hybridized carbons (Fsp3) is 0.381. The van der Waals surface area contributed by atoms with E-state index in [4.69, 9.17) is 0 Å². The molecular weight excluding hydrogens is 360 g/mol. The minimum atomic E-state index is -3.62. The van der Waals surface area contributed by atoms with Gasteiger partial charge in [0.1, 0.15) is 6.04 Å². The Morgan fingerprint density at radius 3 is 2.26 bits per heavy atom. The van der Waals surface area contributed by atoms with Gasteiger partial charge in [0.2, 0.25) is 15.9 Å². The maximum atomic E-state index is 13.0. The van der Waals surface area contributed by atoms with Crippen molar-refractivity contribution < 1.29 is 13.2 Å². The number of nitrogens with one attached hydrogen (secondary N) is 1. The van der Waals surface area contributed by atoms with Crippen LogP contribution in [0.15, 0.2) is 48.5 Å². The van der Waals surface area contributed by atoms with E-state index >= 15 is 0 Å². The van der Waals surface area contributed by atoms with Crippen LogP contribution >= 0.6 is 0 Å². The summed E-state index contributed by atoms with van der Waals surface area (Å²) in [6, 6.07) is 13.8. The third-order valence-corrected chi connectivity index (χ3v) is 5.77. The summed E-state index contributed by atoms with van der Waals surface area (Å²) in [5, 5.41) is 2.98. The summed E-state index contributed by atoms with van der Waals surface area (Å²) in [5.41, 5.74) is 3.77. The first-order valence-corrected chi connectivity index (χ1v) is 10.9. The van der Waals surface area contributed by atoms with Gasteiger partial charge in [-0.05, 0) is 50.5 Å². The molecule has 0 saturated carbocycles. The number of carbonyl (C=O) groups is 1. The molecule has 2 aromatic carbocycles. The summed E-state index contributed by atoms with van der Waals surface area (Å²) in [6.45, 7) is 7.76. The summed E-state index contributed by atoms with van der Waals surface area (Å²) in [4.78, 5) is 13.0. The summed E-state index contributed by atoms with van der Waals surface area (Å²) in [7, 11) is -3.62. The van der Waals surface area contributed by atoms with Gasteiger partial charge in [-0.1, -0.05) is 48.9 Å². The third kappa shape index (κ3) is 5.10. The van der Waals surface area contributed by atoms with E-state index in [-0.39, 0.29) is 11.9 Å². The Kier molecular flexibility index (Phi) is 6.65. The zero-order valence-corrected chi connectivity index (χ0v) is 17.4. The van der Waals surface area contributed by atoms with Crippen LogP contribution in [-0.2, 0) is 14.8 Å². The number of rotatable bonds is 7. The Bertz CT molecular complexity index is 895. The molecule has 2 unspecified atom stereocenters. The van der Waals surface area contributed by atoms with Gasteiger partial charge in [-0.25, -0.2) is 8.42 Å². The number of hydrogen-bond acceptors (Lipinski definition) is 3. The average Bonchev–Trinajstić information content (AvgIpc) is 2.58. The smallest absolute Gasteiger partial charge is 0.244 e. The van der Waals surface area contributed by atoms with Crippen molar-refractivity contribution in [3.05, 3.63) is 65.2 Å². The summed E-state index contributed by atoms with van der Waals surface area (Å²) < 4.78 is 26.1. The van der Waals surface area contributed by atoms with E-state index < -0.39 is 16.1 Å². The lowest BCUT2D eigenvalue weighted by Gasteiger charge is -2.31. The molecule has 27 heavy (non-hydrogen) atoms. The van der Waals surface area contributed by atoms with Gasteiger partial charge in [-0.2, -0.15) is 0 Å². The Labute approximate surface area is 162 Å². The van der Waals surface area contributed by atoms with E-state index in [0.717, 1.165) is 22.9 Å². The first-order valence-electron chi connectivity index (χ1n) is 9.07. The van der Waals surface area contributed by atoms with Gasteiger partial charge < -0.3 is 5.32 Å². The van der Waals surface area contributed by atoms with Crippen LogP contribution in [0.4, 0.5) is 5.69 Å². The van der Waals surface area contributed by atoms with Crippen LogP contribution in [0.2, 0.25) is 0 Å². The molecule has 146 valence electrons. The molecule has 0 aliphatic heterocycles. The van der Waals surface area contributed by atoms with E-state index in [1.807, 2.05) is 45.9 Å². The lowest BCUT2D eigenvalue weighted by Crippen LogP contribution is -2.49. The average molecular weight is 389 g/mol. The molecule has 0 bridgehead atoms. The molecule has 0 aliphatic rings. The second kappa shape index (κ2) is 8.57. The lowest BCUT2D eigenvalue weighted by molar-refractivity contribution is -0.122. The first kappa shape index (κ1) is 21.0. The van der Waals surface area contributed by atoms with E-state index in [1.54, 1.807) is 24.3 Å². The van der Waals surface area contributed by atoms with Crippen molar-refractivity contribution in [3.63, 3.8) is 0 Å². The molecule has 6 heteroatoms. The molecule has 1 N–H and O–H groups in total. The van der Waals surface area contributed by atoms with Gasteiger partial charge >= 0.3 is 0 Å². The van der Waals surface area contributed by atoms with Gasteiger partial charge in [0.05, 0.1) is 18.0 Å². The Morgan fingerprint density at radius 1 is 1.11 bits per heavy atom. The number of benzene rings is 2. The highest BCUT2D eigenvalue weighted by Gasteiger charge is 2.32. The van der Waals surface area contributed by atoms with Crippen LogP contribution in [0, 0.1) is 13.8 Å². The zero-order valence-electron chi connectivity index (χ0n) is 16.6. The molecule has 0 aromatic heterocycles. The van der Waals surface area contributed by atoms with Crippen LogP contribution in [0.25, 0.3) is 0 Å². The number of anilines is 1. The predicted molar refractivity (Wildman–Crippen MR) is 110 cm³/mol. The van der Waals surface area contributed by atoms with Gasteiger partial charge in [-0.15, -0.1) is 0 Å². The molecular formula is C21H28N2O3S. The standard InChI is InChI=1S/C21H28N2O3S/c1-6-20(23(27(5,25)26)18-10-8-7-9-11-18)21(24)22-17(4)19-13-12-15(2)14-16(19)3/h7-14,17,20H,6H2,1-5H3,(H,22,24). The molecule has 2 atom stereocenters. The normalized spacial score (nSPS) is 13.7. The number of amides is 1. The third-order valence-electron chi connectivity index (χ3n) is 4.59. The SMILES string of the molecule is CCC(C(=O)NC(C)c1ccc(C)cc1C)N(c1ccccc1)S(C)(=O)=O. The topological polar surface area (TPSA) is 66.5 Å². The van der Waals surface area contributed by atoms with Crippen molar-refractivity contribution in [3.8, 4) is 0 Å². The van der Waals surface area contributed by atoms with Crippen LogP contribution in [0.3, 0.4) is 0 Å². The van der Waals surface area contributed by atoms with Gasteiger partial charge in [0, 0.05) is 0 Å². The molecule has 2 rings (SSSR count). The fourth-order valence-corrected chi connectivity index (χ4v) is 4.55. The van der Waals surface area contributed by atoms with Crippen LogP contribution in [-0.4, -0.2) is 26.6 Å². The summed E-state index contributed by atoms with van der Waals surface area (Å²) >= 11 is 0. The maximum Gasteiger partial charge on any atom is 0.244 e. The number of sulfonamides is 1. The maximum absolute atomic E-state index is 13.0. The highest BCUT2D eigenvalue weighted by Crippen LogP contribution is 2.24. The van der Waals surface area contributed by atoms with Crippen LogP contribution < -0.4 is 9.62 Å². The van der Waals surface area contributed by atoms with Crippen molar-refractivity contribution in [1.29, 1.82) is 0 Å². The largest absolute Gasteiger partial charge is 0.348 e. The number of aryl methyl sites for hydroxylation is 2. The molecule has 0 aliphatic carbocycles. The minimum absolute atomic E-state index is 0.218. The van der Waals surface area contributed by atoms with Crippen molar-refractivity contribution in [2.24, 2.45) is 0 Å². The number of hydrogen-bond donors (Lipinski definition) is 1. The minimum Gasteiger partial charge on any atom is -0.348 e. The Balaban J connectivity index is 2.30. The summed E-state index contributed by atoms with van der Waals surface area (Å²) in [6.07, 6.45) is 1.50. The van der Waals surface area contributed by atoms with E-state index in [0.29, 0.717) is 12.1 Å². The van der Waals surface area contributed by atoms with E-state index in [9.17, 15) is 13.2 Å². The molecule has 0 fully saturated rings. The molecule has 2 aromatic rings. The van der Waals surface area contributed by atoms with Crippen LogP contribution in [0.1, 0.15) is 43.0 Å². The van der Waals surface area contributed by atoms with Crippen molar-refractivity contribution in [1.82, 2.24) is 5.32 Å². The Hall–Kier alpha value is -2.34.